The Morgan fingerprint density at radius 2 is 0.859 bits per heavy atom. The Balaban J connectivity index is 0.926. The van der Waals surface area contributed by atoms with Crippen LogP contribution in [0.3, 0.4) is 0 Å². The number of nitrogens with zero attached hydrogens (tertiary/aromatic N) is 3. The van der Waals surface area contributed by atoms with Gasteiger partial charge in [0, 0.05) is 54.9 Å². The molecule has 13 aromatic rings. The zero-order chi connectivity index (χ0) is 41.9. The molecule has 3 aromatic heterocycles. The van der Waals surface area contributed by atoms with E-state index >= 15 is 0 Å². The molecule has 0 amide bonds. The van der Waals surface area contributed by atoms with Crippen molar-refractivity contribution >= 4 is 77.0 Å². The van der Waals surface area contributed by atoms with Gasteiger partial charge in [0.2, 0.25) is 0 Å². The molecule has 1 aliphatic carbocycles. The summed E-state index contributed by atoms with van der Waals surface area (Å²) in [6.45, 7) is 0. The Labute approximate surface area is 370 Å². The predicted octanol–water partition coefficient (Wildman–Crippen LogP) is 16.3. The van der Waals surface area contributed by atoms with Crippen molar-refractivity contribution in [3.8, 4) is 39.1 Å². The Morgan fingerprint density at radius 1 is 0.328 bits per heavy atom. The number of hydrogen-bond acceptors (Lipinski definition) is 1. The first kappa shape index (κ1) is 35.2. The van der Waals surface area contributed by atoms with Gasteiger partial charge in [-0.05, 0) is 100.0 Å². The maximum atomic E-state index is 2.51. The van der Waals surface area contributed by atoms with Crippen molar-refractivity contribution in [2.45, 2.75) is 6.42 Å². The Hall–Kier alpha value is -8.40. The summed E-state index contributed by atoms with van der Waals surface area (Å²) < 4.78 is 4.95. The molecule has 64 heavy (non-hydrogen) atoms. The van der Waals surface area contributed by atoms with Crippen LogP contribution in [0, 0.1) is 0 Å². The molecule has 0 N–H and O–H groups in total. The third-order valence-corrected chi connectivity index (χ3v) is 13.8. The van der Waals surface area contributed by atoms with E-state index < -0.39 is 0 Å². The fourth-order valence-electron chi connectivity index (χ4n) is 11.1. The maximum absolute atomic E-state index is 2.51. The topological polar surface area (TPSA) is 12.6 Å². The molecule has 3 heteroatoms. The number of fused-ring (bicyclic) bond motifs is 12. The van der Waals surface area contributed by atoms with Crippen molar-refractivity contribution in [2.75, 3.05) is 4.90 Å². The molecule has 0 aliphatic heterocycles. The van der Waals surface area contributed by atoms with E-state index in [0.29, 0.717) is 0 Å². The molecule has 298 valence electrons. The molecule has 0 unspecified atom stereocenters. The van der Waals surface area contributed by atoms with Crippen LogP contribution in [0.4, 0.5) is 17.1 Å². The van der Waals surface area contributed by atoms with Crippen molar-refractivity contribution in [3.05, 3.63) is 236 Å². The molecule has 0 saturated heterocycles. The summed E-state index contributed by atoms with van der Waals surface area (Å²) in [6, 6.07) is 82.8. The van der Waals surface area contributed by atoms with Gasteiger partial charge in [0.1, 0.15) is 0 Å². The monoisotopic (exact) mass is 813 g/mol. The van der Waals surface area contributed by atoms with Crippen molar-refractivity contribution in [3.63, 3.8) is 0 Å². The van der Waals surface area contributed by atoms with Crippen LogP contribution >= 0.6 is 0 Å². The second kappa shape index (κ2) is 13.5. The molecule has 3 nitrogen and oxygen atoms in total. The van der Waals surface area contributed by atoms with Gasteiger partial charge in [0.15, 0.2) is 0 Å². The first-order valence-electron chi connectivity index (χ1n) is 22.2. The molecule has 10 aromatic carbocycles. The van der Waals surface area contributed by atoms with Gasteiger partial charge in [-0.15, -0.1) is 0 Å². The van der Waals surface area contributed by atoms with E-state index in [4.69, 9.17) is 0 Å². The lowest BCUT2D eigenvalue weighted by Gasteiger charge is -2.28. The van der Waals surface area contributed by atoms with E-state index in [2.05, 4.69) is 238 Å². The molecule has 1 aliphatic rings. The van der Waals surface area contributed by atoms with E-state index in [1.807, 2.05) is 0 Å². The largest absolute Gasteiger partial charge is 0.308 e. The zero-order valence-electron chi connectivity index (χ0n) is 34.9. The van der Waals surface area contributed by atoms with Gasteiger partial charge in [0.25, 0.3) is 0 Å². The summed E-state index contributed by atoms with van der Waals surface area (Å²) in [4.78, 5) is 2.47. The second-order valence-electron chi connectivity index (χ2n) is 17.3. The minimum atomic E-state index is 0.869. The molecule has 0 radical (unpaired) electrons. The normalized spacial score (nSPS) is 12.3. The number of hydrogen-bond donors (Lipinski definition) is 0. The molecule has 0 spiro atoms. The van der Waals surface area contributed by atoms with E-state index in [1.54, 1.807) is 0 Å². The maximum Gasteiger partial charge on any atom is 0.0782 e. The standard InChI is InChI=1S/C61H39N3/c1-3-14-39(15-4-1)40-28-31-45(32-29-40)62(58-27-13-24-53-51-19-7-9-25-56(51)63(61(53)58)44-16-5-2-6-17-44)46-33-35-48-43(38-46)37-42-36-41(30-34-47(42)48)49-20-11-22-54-55-23-12-21-52-50-18-8-10-26-57(50)64(59(49)54)60(52)55/h1-36,38H,37H2. The van der Waals surface area contributed by atoms with Crippen molar-refractivity contribution in [1.82, 2.24) is 8.97 Å². The van der Waals surface area contributed by atoms with Crippen LogP contribution in [0.1, 0.15) is 11.1 Å². The number of benzene rings is 10. The Kier molecular flexibility index (Phi) is 7.46. The minimum Gasteiger partial charge on any atom is -0.308 e. The smallest absolute Gasteiger partial charge is 0.0782 e. The van der Waals surface area contributed by atoms with E-state index in [9.17, 15) is 0 Å². The third kappa shape index (κ3) is 5.04. The molecule has 14 rings (SSSR count). The summed E-state index contributed by atoms with van der Waals surface area (Å²) in [5, 5.41) is 7.70. The summed E-state index contributed by atoms with van der Waals surface area (Å²) >= 11 is 0. The van der Waals surface area contributed by atoms with Gasteiger partial charge in [-0.2, -0.15) is 0 Å². The predicted molar refractivity (Wildman–Crippen MR) is 269 cm³/mol. The quantitative estimate of drug-likeness (QED) is 0.163. The molecular weight excluding hydrogens is 775 g/mol. The van der Waals surface area contributed by atoms with Crippen molar-refractivity contribution in [1.29, 1.82) is 0 Å². The Morgan fingerprint density at radius 3 is 1.64 bits per heavy atom. The zero-order valence-corrected chi connectivity index (χ0v) is 34.9. The lowest BCUT2D eigenvalue weighted by atomic mass is 9.97. The average molecular weight is 814 g/mol. The summed E-state index contributed by atoms with van der Waals surface area (Å²) in [5.41, 5.74) is 21.0. The van der Waals surface area contributed by atoms with Crippen LogP contribution in [-0.2, 0) is 6.42 Å². The van der Waals surface area contributed by atoms with Crippen molar-refractivity contribution < 1.29 is 0 Å². The highest BCUT2D eigenvalue weighted by Gasteiger charge is 2.26. The molecule has 0 bridgehead atoms. The summed E-state index contributed by atoms with van der Waals surface area (Å²) in [7, 11) is 0. The molecule has 0 fully saturated rings. The minimum absolute atomic E-state index is 0.869. The highest BCUT2D eigenvalue weighted by Crippen LogP contribution is 2.48. The van der Waals surface area contributed by atoms with Gasteiger partial charge in [0.05, 0.1) is 33.3 Å². The van der Waals surface area contributed by atoms with Crippen molar-refractivity contribution in [2.24, 2.45) is 0 Å². The van der Waals surface area contributed by atoms with Crippen LogP contribution in [0.25, 0.3) is 99.0 Å². The van der Waals surface area contributed by atoms with Crippen LogP contribution in [0.15, 0.2) is 224 Å². The number of para-hydroxylation sites is 6. The molecular formula is C61H39N3. The van der Waals surface area contributed by atoms with Crippen LogP contribution in [0.5, 0.6) is 0 Å². The van der Waals surface area contributed by atoms with Crippen LogP contribution < -0.4 is 4.90 Å². The molecule has 0 atom stereocenters. The fraction of sp³-hybridized carbons (Fsp3) is 0.0164. The van der Waals surface area contributed by atoms with Gasteiger partial charge >= 0.3 is 0 Å². The molecule has 0 saturated carbocycles. The average Bonchev–Trinajstić information content (AvgIpc) is 4.11. The highest BCUT2D eigenvalue weighted by molar-refractivity contribution is 6.25. The number of aromatic nitrogens is 2. The first-order valence-corrected chi connectivity index (χ1v) is 22.2. The lowest BCUT2D eigenvalue weighted by molar-refractivity contribution is 1.16. The second-order valence-corrected chi connectivity index (χ2v) is 17.3. The number of rotatable bonds is 6. The fourth-order valence-corrected chi connectivity index (χ4v) is 11.1. The number of anilines is 3. The third-order valence-electron chi connectivity index (χ3n) is 13.8. The molecule has 3 heterocycles. The van der Waals surface area contributed by atoms with Gasteiger partial charge < -0.3 is 13.9 Å². The van der Waals surface area contributed by atoms with E-state index in [1.165, 1.54) is 104 Å². The van der Waals surface area contributed by atoms with Crippen LogP contribution in [-0.4, -0.2) is 8.97 Å². The summed E-state index contributed by atoms with van der Waals surface area (Å²) in [6.07, 6.45) is 0.869. The lowest BCUT2D eigenvalue weighted by Crippen LogP contribution is -2.12. The summed E-state index contributed by atoms with van der Waals surface area (Å²) in [5.74, 6) is 0. The van der Waals surface area contributed by atoms with Crippen LogP contribution in [0.2, 0.25) is 0 Å². The van der Waals surface area contributed by atoms with E-state index in [0.717, 1.165) is 29.2 Å². The highest BCUT2D eigenvalue weighted by atomic mass is 15.2. The first-order chi connectivity index (χ1) is 31.8. The van der Waals surface area contributed by atoms with Gasteiger partial charge in [-0.3, -0.25) is 0 Å². The SMILES string of the molecule is c1ccc(-c2ccc(N(c3ccc4c(c3)Cc3cc(-c5cccc6c7cccc8c9ccccc9n(c56)c87)ccc3-4)c3cccc4c5ccccc5n(-c5ccccc5)c34)cc2)cc1. The van der Waals surface area contributed by atoms with Gasteiger partial charge in [-0.25, -0.2) is 0 Å². The Bertz CT molecular complexity index is 3970. The van der Waals surface area contributed by atoms with E-state index in [-0.39, 0.29) is 0 Å². The van der Waals surface area contributed by atoms with Gasteiger partial charge in [-0.1, -0.05) is 170 Å².